The van der Waals surface area contributed by atoms with Gasteiger partial charge in [0.2, 0.25) is 5.60 Å². The van der Waals surface area contributed by atoms with Gasteiger partial charge in [-0.2, -0.15) is 0 Å². The van der Waals surface area contributed by atoms with Gasteiger partial charge in [-0.25, -0.2) is 4.79 Å². The predicted octanol–water partition coefficient (Wildman–Crippen LogP) is 3.26. The number of aliphatic carboxylic acids is 1. The molecular formula is C21H17NO3. The maximum atomic E-state index is 11.5. The summed E-state index contributed by atoms with van der Waals surface area (Å²) in [5.74, 6) is -0.949. The van der Waals surface area contributed by atoms with Crippen molar-refractivity contribution in [2.45, 2.75) is 24.3 Å². The smallest absolute Gasteiger partial charge is 0.345 e. The van der Waals surface area contributed by atoms with Crippen LogP contribution in [0.2, 0.25) is 0 Å². The highest BCUT2D eigenvalue weighted by atomic mass is 16.7. The molecule has 1 spiro atoms. The van der Waals surface area contributed by atoms with Gasteiger partial charge < -0.3 is 9.84 Å². The van der Waals surface area contributed by atoms with E-state index in [1.165, 1.54) is 10.8 Å². The van der Waals surface area contributed by atoms with Crippen molar-refractivity contribution in [1.82, 2.24) is 5.32 Å². The van der Waals surface area contributed by atoms with E-state index in [1.54, 1.807) is 12.2 Å². The van der Waals surface area contributed by atoms with Gasteiger partial charge in [-0.15, -0.1) is 0 Å². The number of carbonyl (C=O) groups is 1. The van der Waals surface area contributed by atoms with E-state index in [0.29, 0.717) is 0 Å². The summed E-state index contributed by atoms with van der Waals surface area (Å²) in [6.07, 6.45) is 7.48. The number of rotatable bonds is 3. The zero-order chi connectivity index (χ0) is 17.2. The van der Waals surface area contributed by atoms with Gasteiger partial charge >= 0.3 is 5.97 Å². The summed E-state index contributed by atoms with van der Waals surface area (Å²) < 4.78 is 5.59. The zero-order valence-electron chi connectivity index (χ0n) is 13.7. The molecule has 3 aliphatic rings. The molecule has 1 aliphatic carbocycles. The third-order valence-electron chi connectivity index (χ3n) is 5.44. The fourth-order valence-electron chi connectivity index (χ4n) is 3.98. The van der Waals surface area contributed by atoms with Gasteiger partial charge in [-0.3, -0.25) is 5.32 Å². The van der Waals surface area contributed by atoms with Gasteiger partial charge in [0, 0.05) is 5.57 Å². The van der Waals surface area contributed by atoms with E-state index in [0.717, 1.165) is 16.7 Å². The predicted molar refractivity (Wildman–Crippen MR) is 95.9 cm³/mol. The van der Waals surface area contributed by atoms with Gasteiger partial charge in [-0.1, -0.05) is 54.6 Å². The number of epoxide rings is 1. The number of hydrogen-bond acceptors (Lipinski definition) is 3. The average molecular weight is 331 g/mol. The highest BCUT2D eigenvalue weighted by Gasteiger charge is 2.81. The van der Waals surface area contributed by atoms with Crippen LogP contribution in [-0.4, -0.2) is 28.4 Å². The molecule has 0 saturated carbocycles. The molecule has 0 bridgehead atoms. The van der Waals surface area contributed by atoms with E-state index in [1.807, 2.05) is 18.2 Å². The monoisotopic (exact) mass is 331 g/mol. The lowest BCUT2D eigenvalue weighted by molar-refractivity contribution is -0.141. The Labute approximate surface area is 145 Å². The van der Waals surface area contributed by atoms with Crippen molar-refractivity contribution in [3.8, 4) is 0 Å². The van der Waals surface area contributed by atoms with Crippen LogP contribution in [0.1, 0.15) is 12.5 Å². The van der Waals surface area contributed by atoms with Gasteiger partial charge in [0.05, 0.1) is 6.04 Å². The van der Waals surface area contributed by atoms with Crippen molar-refractivity contribution in [2.24, 2.45) is 0 Å². The van der Waals surface area contributed by atoms with Crippen LogP contribution in [0.15, 0.2) is 72.3 Å². The van der Waals surface area contributed by atoms with E-state index < -0.39 is 17.3 Å². The lowest BCUT2D eigenvalue weighted by Gasteiger charge is -2.39. The van der Waals surface area contributed by atoms with Crippen molar-refractivity contribution in [2.75, 3.05) is 0 Å². The van der Waals surface area contributed by atoms with Crippen molar-refractivity contribution in [1.29, 1.82) is 0 Å². The number of nitrogens with one attached hydrogen (secondary N) is 1. The number of fused-ring (bicyclic) bond motifs is 1. The summed E-state index contributed by atoms with van der Waals surface area (Å²) in [6.45, 7) is 2.08. The third kappa shape index (κ3) is 1.81. The fraction of sp³-hybridized carbons (Fsp3) is 0.190. The minimum Gasteiger partial charge on any atom is -0.479 e. The Balaban J connectivity index is 1.45. The van der Waals surface area contributed by atoms with Crippen molar-refractivity contribution in [3.63, 3.8) is 0 Å². The molecule has 4 heteroatoms. The Bertz CT molecular complexity index is 1020. The fourth-order valence-corrected chi connectivity index (χ4v) is 3.98. The topological polar surface area (TPSA) is 61.9 Å². The molecule has 2 heterocycles. The Morgan fingerprint density at radius 3 is 2.84 bits per heavy atom. The molecule has 124 valence electrons. The molecule has 2 aromatic carbocycles. The largest absolute Gasteiger partial charge is 0.479 e. The van der Waals surface area contributed by atoms with Crippen molar-refractivity contribution in [3.05, 3.63) is 77.9 Å². The first-order valence-corrected chi connectivity index (χ1v) is 8.34. The second kappa shape index (κ2) is 4.69. The standard InChI is InChI=1S/C21H17NO3/c1-13(15-9-8-14-5-2-3-6-16(14)12-15)11-18-17-7-4-10-20(19(23)24)21(17,22-18)25-20/h2-12,18,22H,1H3,(H,23,24)/b13-11+. The molecule has 3 atom stereocenters. The minimum atomic E-state index is -1.22. The molecule has 2 saturated heterocycles. The molecule has 2 aliphatic heterocycles. The lowest BCUT2D eigenvalue weighted by atomic mass is 9.77. The summed E-state index contributed by atoms with van der Waals surface area (Å²) in [5, 5.41) is 15.2. The number of allylic oxidation sites excluding steroid dienone is 3. The number of carboxylic acids is 1. The summed E-state index contributed by atoms with van der Waals surface area (Å²) in [4.78, 5) is 11.5. The van der Waals surface area contributed by atoms with Gasteiger partial charge in [-0.05, 0) is 41.0 Å². The molecule has 0 radical (unpaired) electrons. The number of hydrogen-bond donors (Lipinski definition) is 2. The highest BCUT2D eigenvalue weighted by molar-refractivity contribution is 5.90. The highest BCUT2D eigenvalue weighted by Crippen LogP contribution is 2.60. The molecule has 2 N–H and O–H groups in total. The summed E-state index contributed by atoms with van der Waals surface area (Å²) in [7, 11) is 0. The molecule has 5 rings (SSSR count). The number of ether oxygens (including phenoxy) is 1. The third-order valence-corrected chi connectivity index (χ3v) is 5.44. The Morgan fingerprint density at radius 1 is 1.24 bits per heavy atom. The summed E-state index contributed by atoms with van der Waals surface area (Å²) in [5.41, 5.74) is 1.23. The van der Waals surface area contributed by atoms with Crippen LogP contribution < -0.4 is 5.32 Å². The van der Waals surface area contributed by atoms with Crippen LogP contribution in [0.25, 0.3) is 16.3 Å². The normalized spacial score (nSPS) is 32.4. The molecule has 2 aromatic rings. The summed E-state index contributed by atoms with van der Waals surface area (Å²) in [6, 6.07) is 14.7. The quantitative estimate of drug-likeness (QED) is 0.848. The second-order valence-corrected chi connectivity index (χ2v) is 6.84. The van der Waals surface area contributed by atoms with E-state index in [-0.39, 0.29) is 6.04 Å². The Hall–Kier alpha value is -2.69. The van der Waals surface area contributed by atoms with Gasteiger partial charge in [0.1, 0.15) is 0 Å². The molecule has 0 aromatic heterocycles. The molecule has 4 nitrogen and oxygen atoms in total. The maximum Gasteiger partial charge on any atom is 0.345 e. The molecule has 0 amide bonds. The molecule has 2 fully saturated rings. The first kappa shape index (κ1) is 14.6. The first-order valence-electron chi connectivity index (χ1n) is 8.34. The van der Waals surface area contributed by atoms with Gasteiger partial charge in [0.25, 0.3) is 0 Å². The number of carboxylic acid groups (broad SMARTS) is 1. The minimum absolute atomic E-state index is 0.00218. The molecular weight excluding hydrogens is 314 g/mol. The number of benzene rings is 2. The van der Waals surface area contributed by atoms with Crippen LogP contribution in [0, 0.1) is 0 Å². The molecule has 3 unspecified atom stereocenters. The molecule has 25 heavy (non-hydrogen) atoms. The average Bonchev–Trinajstić information content (AvgIpc) is 3.31. The summed E-state index contributed by atoms with van der Waals surface area (Å²) >= 11 is 0. The first-order chi connectivity index (χ1) is 12.1. The van der Waals surface area contributed by atoms with Crippen LogP contribution in [-0.2, 0) is 9.53 Å². The van der Waals surface area contributed by atoms with E-state index >= 15 is 0 Å². The van der Waals surface area contributed by atoms with E-state index in [9.17, 15) is 9.90 Å². The van der Waals surface area contributed by atoms with Gasteiger partial charge in [0.15, 0.2) is 5.72 Å². The maximum absolute atomic E-state index is 11.5. The Morgan fingerprint density at radius 2 is 2.04 bits per heavy atom. The van der Waals surface area contributed by atoms with E-state index in [2.05, 4.69) is 48.6 Å². The zero-order valence-corrected chi connectivity index (χ0v) is 13.7. The second-order valence-electron chi connectivity index (χ2n) is 6.84. The lowest BCUT2D eigenvalue weighted by Crippen LogP contribution is -2.62. The van der Waals surface area contributed by atoms with Crippen LogP contribution >= 0.6 is 0 Å². The van der Waals surface area contributed by atoms with Crippen molar-refractivity contribution < 1.29 is 14.6 Å². The van der Waals surface area contributed by atoms with E-state index in [4.69, 9.17) is 4.74 Å². The van der Waals surface area contributed by atoms with Crippen LogP contribution in [0.4, 0.5) is 0 Å². The van der Waals surface area contributed by atoms with Crippen LogP contribution in [0.3, 0.4) is 0 Å². The Kier molecular flexibility index (Phi) is 2.74. The van der Waals surface area contributed by atoms with Crippen molar-refractivity contribution >= 4 is 22.3 Å². The van der Waals surface area contributed by atoms with Crippen LogP contribution in [0.5, 0.6) is 0 Å². The SMILES string of the molecule is C/C(=C\C1NC23OC2(C(=O)O)C=CC=C13)c1ccc2ccccc2c1.